The fourth-order valence-corrected chi connectivity index (χ4v) is 2.13. The second-order valence-electron chi connectivity index (χ2n) is 4.87. The molecule has 0 aliphatic heterocycles. The quantitative estimate of drug-likeness (QED) is 0.767. The lowest BCUT2D eigenvalue weighted by molar-refractivity contribution is -0.122. The predicted molar refractivity (Wildman–Crippen MR) is 92.5 cm³/mol. The zero-order valence-electron chi connectivity index (χ0n) is 12.8. The molecule has 0 heterocycles. The van der Waals surface area contributed by atoms with Gasteiger partial charge >= 0.3 is 0 Å². The summed E-state index contributed by atoms with van der Waals surface area (Å²) in [6, 6.07) is 7.42. The lowest BCUT2D eigenvalue weighted by Crippen LogP contribution is -2.44. The van der Waals surface area contributed by atoms with Crippen LogP contribution in [0, 0.1) is 6.92 Å². The third-order valence-electron chi connectivity index (χ3n) is 2.89. The number of hydrogen-bond donors (Lipinski definition) is 2. The summed E-state index contributed by atoms with van der Waals surface area (Å²) < 4.78 is 5.72. The average molecular weight is 333 g/mol. The molecule has 0 radical (unpaired) electrons. The highest BCUT2D eigenvalue weighted by atomic mass is 35.5. The SMILES string of the molecule is CSCC[C@H](N)C(=O)NCC(C)Oc1ccc(C)cc1.Cl. The topological polar surface area (TPSA) is 64.4 Å². The Kier molecular flexibility index (Phi) is 10.3. The van der Waals surface area contributed by atoms with E-state index in [4.69, 9.17) is 10.5 Å². The lowest BCUT2D eigenvalue weighted by atomic mass is 10.2. The molecule has 0 aliphatic carbocycles. The zero-order valence-corrected chi connectivity index (χ0v) is 14.4. The van der Waals surface area contributed by atoms with Crippen LogP contribution in [-0.4, -0.2) is 36.6 Å². The van der Waals surface area contributed by atoms with Crippen LogP contribution in [0.5, 0.6) is 5.75 Å². The minimum atomic E-state index is -0.436. The Hall–Kier alpha value is -0.910. The third-order valence-corrected chi connectivity index (χ3v) is 3.54. The highest BCUT2D eigenvalue weighted by Gasteiger charge is 2.14. The fraction of sp³-hybridized carbons (Fsp3) is 0.533. The van der Waals surface area contributed by atoms with Gasteiger partial charge in [-0.2, -0.15) is 11.8 Å². The van der Waals surface area contributed by atoms with Gasteiger partial charge in [0.15, 0.2) is 0 Å². The van der Waals surface area contributed by atoms with Crippen LogP contribution in [0.25, 0.3) is 0 Å². The summed E-state index contributed by atoms with van der Waals surface area (Å²) >= 11 is 1.69. The Bertz CT molecular complexity index is 415. The van der Waals surface area contributed by atoms with E-state index in [1.807, 2.05) is 44.4 Å². The number of carbonyl (C=O) groups is 1. The van der Waals surface area contributed by atoms with E-state index < -0.39 is 6.04 Å². The third kappa shape index (κ3) is 8.19. The van der Waals surface area contributed by atoms with Gasteiger partial charge in [0.25, 0.3) is 0 Å². The summed E-state index contributed by atoms with van der Waals surface area (Å²) in [6.45, 7) is 4.41. The number of amides is 1. The molecule has 1 aromatic rings. The van der Waals surface area contributed by atoms with Crippen LogP contribution in [0.3, 0.4) is 0 Å². The zero-order chi connectivity index (χ0) is 15.0. The molecular weight excluding hydrogens is 308 g/mol. The van der Waals surface area contributed by atoms with Crippen molar-refractivity contribution in [2.45, 2.75) is 32.4 Å². The van der Waals surface area contributed by atoms with Gasteiger partial charge in [-0.15, -0.1) is 12.4 Å². The van der Waals surface area contributed by atoms with Crippen LogP contribution in [0.2, 0.25) is 0 Å². The van der Waals surface area contributed by atoms with Gasteiger partial charge in [0, 0.05) is 0 Å². The summed E-state index contributed by atoms with van der Waals surface area (Å²) in [5.74, 6) is 1.59. The van der Waals surface area contributed by atoms with Gasteiger partial charge in [-0.3, -0.25) is 4.79 Å². The highest BCUT2D eigenvalue weighted by Crippen LogP contribution is 2.12. The van der Waals surface area contributed by atoms with Crippen molar-refractivity contribution in [2.75, 3.05) is 18.6 Å². The van der Waals surface area contributed by atoms with Gasteiger partial charge in [0.05, 0.1) is 12.6 Å². The Labute approximate surface area is 137 Å². The second-order valence-corrected chi connectivity index (χ2v) is 5.86. The molecule has 4 nitrogen and oxygen atoms in total. The van der Waals surface area contributed by atoms with Crippen LogP contribution < -0.4 is 15.8 Å². The number of nitrogens with one attached hydrogen (secondary N) is 1. The Morgan fingerprint density at radius 3 is 2.57 bits per heavy atom. The van der Waals surface area contributed by atoms with Crippen molar-refractivity contribution in [3.63, 3.8) is 0 Å². The van der Waals surface area contributed by atoms with Crippen LogP contribution in [0.1, 0.15) is 18.9 Å². The van der Waals surface area contributed by atoms with E-state index in [9.17, 15) is 4.79 Å². The first kappa shape index (κ1) is 20.1. The van der Waals surface area contributed by atoms with Gasteiger partial charge in [0.2, 0.25) is 5.91 Å². The van der Waals surface area contributed by atoms with Crippen molar-refractivity contribution in [2.24, 2.45) is 5.73 Å². The van der Waals surface area contributed by atoms with Crippen molar-refractivity contribution in [3.05, 3.63) is 29.8 Å². The van der Waals surface area contributed by atoms with Crippen LogP contribution in [-0.2, 0) is 4.79 Å². The molecule has 1 unspecified atom stereocenters. The summed E-state index contributed by atoms with van der Waals surface area (Å²) in [5, 5.41) is 2.82. The summed E-state index contributed by atoms with van der Waals surface area (Å²) in [6.07, 6.45) is 2.61. The number of rotatable bonds is 8. The van der Waals surface area contributed by atoms with E-state index in [1.54, 1.807) is 11.8 Å². The highest BCUT2D eigenvalue weighted by molar-refractivity contribution is 7.98. The van der Waals surface area contributed by atoms with Crippen LogP contribution >= 0.6 is 24.2 Å². The van der Waals surface area contributed by atoms with Gasteiger partial charge in [-0.05, 0) is 44.4 Å². The molecule has 0 bridgehead atoms. The molecule has 0 spiro atoms. The number of carbonyl (C=O) groups excluding carboxylic acids is 1. The number of ether oxygens (including phenoxy) is 1. The van der Waals surface area contributed by atoms with Gasteiger partial charge < -0.3 is 15.8 Å². The van der Waals surface area contributed by atoms with Crippen molar-refractivity contribution in [3.8, 4) is 5.75 Å². The average Bonchev–Trinajstić information content (AvgIpc) is 2.44. The molecule has 0 aromatic heterocycles. The number of nitrogens with two attached hydrogens (primary N) is 1. The molecule has 3 N–H and O–H groups in total. The molecule has 1 aromatic carbocycles. The van der Waals surface area contributed by atoms with Crippen LogP contribution in [0.15, 0.2) is 24.3 Å². The molecule has 1 rings (SSSR count). The molecule has 21 heavy (non-hydrogen) atoms. The van der Waals surface area contributed by atoms with Crippen molar-refractivity contribution < 1.29 is 9.53 Å². The Morgan fingerprint density at radius 1 is 1.38 bits per heavy atom. The van der Waals surface area contributed by atoms with Crippen molar-refractivity contribution in [1.29, 1.82) is 0 Å². The molecule has 6 heteroatoms. The summed E-state index contributed by atoms with van der Waals surface area (Å²) in [7, 11) is 0. The minimum Gasteiger partial charge on any atom is -0.489 e. The van der Waals surface area contributed by atoms with Gasteiger partial charge in [0.1, 0.15) is 11.9 Å². The van der Waals surface area contributed by atoms with Gasteiger partial charge in [-0.1, -0.05) is 17.7 Å². The first-order valence-corrected chi connectivity index (χ1v) is 8.18. The molecule has 0 saturated heterocycles. The first-order valence-electron chi connectivity index (χ1n) is 6.78. The maximum Gasteiger partial charge on any atom is 0.237 e. The smallest absolute Gasteiger partial charge is 0.237 e. The number of hydrogen-bond acceptors (Lipinski definition) is 4. The number of aryl methyl sites for hydroxylation is 1. The van der Waals surface area contributed by atoms with E-state index in [0.29, 0.717) is 13.0 Å². The molecule has 1 amide bonds. The Morgan fingerprint density at radius 2 is 2.00 bits per heavy atom. The second kappa shape index (κ2) is 10.8. The summed E-state index contributed by atoms with van der Waals surface area (Å²) in [4.78, 5) is 11.7. The molecule has 0 fully saturated rings. The molecule has 0 saturated carbocycles. The Balaban J connectivity index is 0.00000400. The normalized spacial score (nSPS) is 13.0. The number of benzene rings is 1. The van der Waals surface area contributed by atoms with E-state index in [-0.39, 0.29) is 24.4 Å². The number of halogens is 1. The maximum absolute atomic E-state index is 11.7. The molecule has 2 atom stereocenters. The van der Waals surface area contributed by atoms with E-state index in [0.717, 1.165) is 11.5 Å². The lowest BCUT2D eigenvalue weighted by Gasteiger charge is -2.17. The van der Waals surface area contributed by atoms with E-state index >= 15 is 0 Å². The molecule has 120 valence electrons. The van der Waals surface area contributed by atoms with E-state index in [1.165, 1.54) is 5.56 Å². The molecular formula is C15H25ClN2O2S. The molecule has 0 aliphatic rings. The maximum atomic E-state index is 11.7. The minimum absolute atomic E-state index is 0. The standard InChI is InChI=1S/C15H24N2O2S.ClH/c1-11-4-6-13(7-5-11)19-12(2)10-17-15(18)14(16)8-9-20-3;/h4-7,12,14H,8-10,16H2,1-3H3,(H,17,18);1H/t12?,14-;/m0./s1. The van der Waals surface area contributed by atoms with Crippen molar-refractivity contribution in [1.82, 2.24) is 5.32 Å². The largest absolute Gasteiger partial charge is 0.489 e. The predicted octanol–water partition coefficient (Wildman–Crippen LogP) is 2.38. The number of thioether (sulfide) groups is 1. The van der Waals surface area contributed by atoms with E-state index in [2.05, 4.69) is 5.32 Å². The van der Waals surface area contributed by atoms with Crippen molar-refractivity contribution >= 4 is 30.1 Å². The van der Waals surface area contributed by atoms with Crippen LogP contribution in [0.4, 0.5) is 0 Å². The first-order chi connectivity index (χ1) is 9.52. The fourth-order valence-electron chi connectivity index (χ4n) is 1.64. The monoisotopic (exact) mass is 332 g/mol. The van der Waals surface area contributed by atoms with Gasteiger partial charge in [-0.25, -0.2) is 0 Å². The summed E-state index contributed by atoms with van der Waals surface area (Å²) in [5.41, 5.74) is 6.99.